The SMILES string of the molecule is Cc1ccc(-n2c(SCc3cccc(C)c3)nnc2C(Cc2ccccc2)NC(=O)Nc2ccc(Cl)c(Cl)c2)cc1. The fourth-order valence-corrected chi connectivity index (χ4v) is 5.64. The Hall–Kier alpha value is -3.78. The van der Waals surface area contributed by atoms with Crippen LogP contribution in [0.1, 0.15) is 34.1 Å². The topological polar surface area (TPSA) is 71.8 Å². The number of nitrogens with one attached hydrogen (secondary N) is 2. The molecule has 6 nitrogen and oxygen atoms in total. The Morgan fingerprint density at radius 1 is 0.829 bits per heavy atom. The van der Waals surface area contributed by atoms with E-state index in [1.165, 1.54) is 11.1 Å². The zero-order chi connectivity index (χ0) is 28.8. The number of carbonyl (C=O) groups excluding carboxylic acids is 1. The smallest absolute Gasteiger partial charge is 0.319 e. The molecule has 5 rings (SSSR count). The van der Waals surface area contributed by atoms with E-state index in [9.17, 15) is 4.79 Å². The minimum absolute atomic E-state index is 0.361. The standard InChI is InChI=1S/C32H29Cl2N5OS/c1-21-11-14-26(15-12-21)39-30(37-38-32(39)41-20-24-10-6-7-22(2)17-24)29(18-23-8-4-3-5-9-23)36-31(40)35-25-13-16-27(33)28(34)19-25/h3-17,19,29H,18,20H2,1-2H3,(H2,35,36,40). The van der Waals surface area contributed by atoms with Gasteiger partial charge in [0, 0.05) is 23.5 Å². The summed E-state index contributed by atoms with van der Waals surface area (Å²) in [5.41, 5.74) is 6.08. The van der Waals surface area contributed by atoms with Gasteiger partial charge in [-0.1, -0.05) is 113 Å². The highest BCUT2D eigenvalue weighted by Gasteiger charge is 2.25. The highest BCUT2D eigenvalue weighted by Crippen LogP contribution is 2.30. The minimum atomic E-state index is -0.484. The quantitative estimate of drug-likeness (QED) is 0.166. The Kier molecular flexibility index (Phi) is 9.29. The van der Waals surface area contributed by atoms with Crippen LogP contribution in [0.2, 0.25) is 10.0 Å². The lowest BCUT2D eigenvalue weighted by Gasteiger charge is -2.21. The van der Waals surface area contributed by atoms with Crippen molar-refractivity contribution in [2.24, 2.45) is 0 Å². The lowest BCUT2D eigenvalue weighted by atomic mass is 10.1. The van der Waals surface area contributed by atoms with Crippen molar-refractivity contribution in [1.29, 1.82) is 0 Å². The number of rotatable bonds is 9. The molecule has 2 N–H and O–H groups in total. The van der Waals surface area contributed by atoms with Gasteiger partial charge in [0.05, 0.1) is 16.1 Å². The van der Waals surface area contributed by atoms with Gasteiger partial charge in [0.2, 0.25) is 0 Å². The maximum absolute atomic E-state index is 13.3. The monoisotopic (exact) mass is 601 g/mol. The molecular formula is C32H29Cl2N5OS. The molecule has 4 aromatic carbocycles. The lowest BCUT2D eigenvalue weighted by Crippen LogP contribution is -2.35. The number of hydrogen-bond acceptors (Lipinski definition) is 4. The third kappa shape index (κ3) is 7.50. The predicted molar refractivity (Wildman–Crippen MR) is 168 cm³/mol. The van der Waals surface area contributed by atoms with Gasteiger partial charge in [-0.05, 0) is 55.3 Å². The number of hydrogen-bond donors (Lipinski definition) is 2. The second-order valence-corrected chi connectivity index (χ2v) is 11.5. The van der Waals surface area contributed by atoms with Crippen molar-refractivity contribution >= 4 is 46.7 Å². The molecule has 0 aliphatic rings. The van der Waals surface area contributed by atoms with Gasteiger partial charge in [-0.25, -0.2) is 4.79 Å². The first-order chi connectivity index (χ1) is 19.9. The van der Waals surface area contributed by atoms with E-state index < -0.39 is 12.1 Å². The largest absolute Gasteiger partial charge is 0.327 e. The Bertz CT molecular complexity index is 1640. The Morgan fingerprint density at radius 3 is 2.32 bits per heavy atom. The number of urea groups is 1. The van der Waals surface area contributed by atoms with Gasteiger partial charge in [0.15, 0.2) is 11.0 Å². The van der Waals surface area contributed by atoms with E-state index in [1.807, 2.05) is 47.0 Å². The molecule has 5 aromatic rings. The van der Waals surface area contributed by atoms with Crippen LogP contribution < -0.4 is 10.6 Å². The summed E-state index contributed by atoms with van der Waals surface area (Å²) >= 11 is 13.8. The summed E-state index contributed by atoms with van der Waals surface area (Å²) in [7, 11) is 0. The Morgan fingerprint density at radius 2 is 1.59 bits per heavy atom. The van der Waals surface area contributed by atoms with E-state index in [-0.39, 0.29) is 0 Å². The summed E-state index contributed by atoms with van der Waals surface area (Å²) in [6.07, 6.45) is 0.516. The molecule has 1 heterocycles. The number of carbonyl (C=O) groups is 1. The van der Waals surface area contributed by atoms with Crippen LogP contribution >= 0.6 is 35.0 Å². The summed E-state index contributed by atoms with van der Waals surface area (Å²) in [5.74, 6) is 1.37. The Balaban J connectivity index is 1.49. The molecule has 0 fully saturated rings. The molecule has 0 spiro atoms. The third-order valence-corrected chi connectivity index (χ3v) is 8.22. The minimum Gasteiger partial charge on any atom is -0.327 e. The van der Waals surface area contributed by atoms with E-state index in [0.29, 0.717) is 28.0 Å². The summed E-state index contributed by atoms with van der Waals surface area (Å²) in [5, 5.41) is 16.7. The fraction of sp³-hybridized carbons (Fsp3) is 0.156. The molecule has 208 valence electrons. The van der Waals surface area contributed by atoms with Crippen LogP contribution in [0.5, 0.6) is 0 Å². The number of benzene rings is 4. The lowest BCUT2D eigenvalue weighted by molar-refractivity contribution is 0.247. The number of nitrogens with zero attached hydrogens (tertiary/aromatic N) is 3. The first kappa shape index (κ1) is 28.7. The molecule has 0 radical (unpaired) electrons. The second kappa shape index (κ2) is 13.3. The van der Waals surface area contributed by atoms with Gasteiger partial charge in [-0.15, -0.1) is 10.2 Å². The van der Waals surface area contributed by atoms with Crippen LogP contribution in [0.15, 0.2) is 102 Å². The van der Waals surface area contributed by atoms with Crippen molar-refractivity contribution in [1.82, 2.24) is 20.1 Å². The molecule has 0 aliphatic heterocycles. The van der Waals surface area contributed by atoms with Gasteiger partial charge in [0.1, 0.15) is 0 Å². The molecule has 0 bridgehead atoms. The van der Waals surface area contributed by atoms with E-state index in [1.54, 1.807) is 30.0 Å². The number of halogens is 2. The zero-order valence-corrected chi connectivity index (χ0v) is 25.0. The van der Waals surface area contributed by atoms with E-state index >= 15 is 0 Å². The first-order valence-corrected chi connectivity index (χ1v) is 14.9. The van der Waals surface area contributed by atoms with Crippen LogP contribution in [-0.2, 0) is 12.2 Å². The molecule has 9 heteroatoms. The van der Waals surface area contributed by atoms with E-state index in [2.05, 4.69) is 71.1 Å². The average Bonchev–Trinajstić information content (AvgIpc) is 3.38. The first-order valence-electron chi connectivity index (χ1n) is 13.1. The molecule has 1 aromatic heterocycles. The molecule has 0 aliphatic carbocycles. The summed E-state index contributed by atoms with van der Waals surface area (Å²) < 4.78 is 2.03. The van der Waals surface area contributed by atoms with Crippen LogP contribution in [0, 0.1) is 13.8 Å². The van der Waals surface area contributed by atoms with Gasteiger partial charge >= 0.3 is 6.03 Å². The van der Waals surface area contributed by atoms with Crippen molar-refractivity contribution in [3.8, 4) is 5.69 Å². The van der Waals surface area contributed by atoms with Crippen LogP contribution in [0.4, 0.5) is 10.5 Å². The molecule has 2 amide bonds. The normalized spacial score (nSPS) is 11.7. The van der Waals surface area contributed by atoms with E-state index in [4.69, 9.17) is 23.2 Å². The number of aryl methyl sites for hydroxylation is 2. The maximum Gasteiger partial charge on any atom is 0.319 e. The molecule has 0 saturated carbocycles. The maximum atomic E-state index is 13.3. The van der Waals surface area contributed by atoms with Crippen molar-refractivity contribution < 1.29 is 4.79 Å². The second-order valence-electron chi connectivity index (χ2n) is 9.76. The van der Waals surface area contributed by atoms with Crippen molar-refractivity contribution in [2.75, 3.05) is 5.32 Å². The number of aromatic nitrogens is 3. The third-order valence-electron chi connectivity index (χ3n) is 6.48. The van der Waals surface area contributed by atoms with Gasteiger partial charge in [-0.2, -0.15) is 0 Å². The van der Waals surface area contributed by atoms with Gasteiger partial charge < -0.3 is 10.6 Å². The molecule has 41 heavy (non-hydrogen) atoms. The average molecular weight is 603 g/mol. The van der Waals surface area contributed by atoms with Crippen LogP contribution in [0.25, 0.3) is 5.69 Å². The summed E-state index contributed by atoms with van der Waals surface area (Å²) in [6, 6.07) is 30.7. The van der Waals surface area contributed by atoms with Gasteiger partial charge in [0.25, 0.3) is 0 Å². The van der Waals surface area contributed by atoms with Crippen molar-refractivity contribution in [3.05, 3.63) is 135 Å². The molecule has 1 atom stereocenters. The van der Waals surface area contributed by atoms with Gasteiger partial charge in [-0.3, -0.25) is 4.57 Å². The highest BCUT2D eigenvalue weighted by molar-refractivity contribution is 7.98. The van der Waals surface area contributed by atoms with Crippen molar-refractivity contribution in [3.63, 3.8) is 0 Å². The molecule has 1 unspecified atom stereocenters. The van der Waals surface area contributed by atoms with Crippen LogP contribution in [0.3, 0.4) is 0 Å². The predicted octanol–water partition coefficient (Wildman–Crippen LogP) is 8.59. The van der Waals surface area contributed by atoms with Crippen LogP contribution in [-0.4, -0.2) is 20.8 Å². The summed E-state index contributed by atoms with van der Waals surface area (Å²) in [4.78, 5) is 13.3. The Labute approximate surface area is 254 Å². The fourth-order valence-electron chi connectivity index (χ4n) is 4.44. The number of thioether (sulfide) groups is 1. The number of anilines is 1. The van der Waals surface area contributed by atoms with Crippen molar-refractivity contribution in [2.45, 2.75) is 37.2 Å². The van der Waals surface area contributed by atoms with E-state index in [0.717, 1.165) is 27.7 Å². The number of amides is 2. The highest BCUT2D eigenvalue weighted by atomic mass is 35.5. The molecular weight excluding hydrogens is 573 g/mol. The zero-order valence-electron chi connectivity index (χ0n) is 22.6. The molecule has 0 saturated heterocycles. The summed E-state index contributed by atoms with van der Waals surface area (Å²) in [6.45, 7) is 4.14.